The molecule has 1 atom stereocenters. The van der Waals surface area contributed by atoms with E-state index in [9.17, 15) is 14.0 Å². The van der Waals surface area contributed by atoms with Crippen molar-refractivity contribution in [1.82, 2.24) is 4.90 Å². The molecule has 0 radical (unpaired) electrons. The van der Waals surface area contributed by atoms with Gasteiger partial charge in [-0.15, -0.1) is 0 Å². The van der Waals surface area contributed by atoms with Gasteiger partial charge in [-0.1, -0.05) is 13.8 Å². The zero-order valence-corrected chi connectivity index (χ0v) is 14.5. The maximum absolute atomic E-state index is 14.3. The lowest BCUT2D eigenvalue weighted by atomic mass is 9.79. The van der Waals surface area contributed by atoms with Gasteiger partial charge in [0.05, 0.1) is 5.56 Å². The topological polar surface area (TPSA) is 40.6 Å². The van der Waals surface area contributed by atoms with Crippen LogP contribution in [0.25, 0.3) is 0 Å². The zero-order chi connectivity index (χ0) is 17.3. The molecule has 2 heterocycles. The third kappa shape index (κ3) is 3.17. The summed E-state index contributed by atoms with van der Waals surface area (Å²) in [5, 5.41) is 0. The molecule has 0 aromatic heterocycles. The third-order valence-corrected chi connectivity index (χ3v) is 5.49. The fourth-order valence-corrected chi connectivity index (χ4v) is 3.71. The highest BCUT2D eigenvalue weighted by molar-refractivity contribution is 5.99. The summed E-state index contributed by atoms with van der Waals surface area (Å²) in [5.74, 6) is -0.740. The van der Waals surface area contributed by atoms with E-state index in [1.54, 1.807) is 21.9 Å². The number of rotatable bonds is 3. The number of hydrogen-bond acceptors (Lipinski definition) is 2. The quantitative estimate of drug-likeness (QED) is 0.848. The van der Waals surface area contributed by atoms with Crippen molar-refractivity contribution in [2.75, 3.05) is 24.5 Å². The fourth-order valence-electron chi connectivity index (χ4n) is 3.71. The summed E-state index contributed by atoms with van der Waals surface area (Å²) in [7, 11) is 0. The van der Waals surface area contributed by atoms with E-state index in [0.29, 0.717) is 31.7 Å². The minimum absolute atomic E-state index is 0.0385. The van der Waals surface area contributed by atoms with Gasteiger partial charge in [0.2, 0.25) is 5.91 Å². The van der Waals surface area contributed by atoms with E-state index >= 15 is 0 Å². The van der Waals surface area contributed by atoms with E-state index in [2.05, 4.69) is 13.8 Å². The number of amides is 2. The minimum Gasteiger partial charge on any atom is -0.338 e. The lowest BCUT2D eigenvalue weighted by Gasteiger charge is -2.40. The van der Waals surface area contributed by atoms with Gasteiger partial charge < -0.3 is 9.80 Å². The minimum atomic E-state index is -0.515. The molecule has 0 spiro atoms. The summed E-state index contributed by atoms with van der Waals surface area (Å²) >= 11 is 0. The standard InChI is InChI=1S/C19H25FN2O2/c1-3-19(2)9-5-10-21(13-19)18(24)15-12-14(7-8-16(15)20)22-11-4-6-17(22)23/h7-8,12H,3-6,9-11,13H2,1-2H3. The molecular formula is C19H25FN2O2. The Morgan fingerprint density at radius 3 is 2.75 bits per heavy atom. The largest absolute Gasteiger partial charge is 0.338 e. The monoisotopic (exact) mass is 332 g/mol. The SMILES string of the molecule is CCC1(C)CCCN(C(=O)c2cc(N3CCCC3=O)ccc2F)C1. The van der Waals surface area contributed by atoms with Gasteiger partial charge in [-0.05, 0) is 49.3 Å². The first-order valence-electron chi connectivity index (χ1n) is 8.83. The number of anilines is 1. The van der Waals surface area contributed by atoms with Crippen LogP contribution in [-0.4, -0.2) is 36.3 Å². The van der Waals surface area contributed by atoms with Crippen LogP contribution in [-0.2, 0) is 4.79 Å². The molecule has 0 aliphatic carbocycles. The smallest absolute Gasteiger partial charge is 0.256 e. The van der Waals surface area contributed by atoms with Crippen molar-refractivity contribution in [3.05, 3.63) is 29.6 Å². The number of carbonyl (C=O) groups is 2. The highest BCUT2D eigenvalue weighted by atomic mass is 19.1. The van der Waals surface area contributed by atoms with Crippen LogP contribution in [0, 0.1) is 11.2 Å². The Hall–Kier alpha value is -1.91. The molecule has 0 N–H and O–H groups in total. The Balaban J connectivity index is 1.85. The van der Waals surface area contributed by atoms with Crippen LogP contribution in [0.2, 0.25) is 0 Å². The number of carbonyl (C=O) groups excluding carboxylic acids is 2. The van der Waals surface area contributed by atoms with Gasteiger partial charge >= 0.3 is 0 Å². The average Bonchev–Trinajstić information content (AvgIpc) is 3.01. The second kappa shape index (κ2) is 6.54. The van der Waals surface area contributed by atoms with E-state index in [1.165, 1.54) is 6.07 Å². The van der Waals surface area contributed by atoms with E-state index < -0.39 is 5.82 Å². The van der Waals surface area contributed by atoms with Gasteiger partial charge in [0.15, 0.2) is 0 Å². The first-order chi connectivity index (χ1) is 11.4. The van der Waals surface area contributed by atoms with Crippen LogP contribution in [0.3, 0.4) is 0 Å². The van der Waals surface area contributed by atoms with Crippen molar-refractivity contribution in [1.29, 1.82) is 0 Å². The van der Waals surface area contributed by atoms with Gasteiger partial charge in [-0.25, -0.2) is 4.39 Å². The van der Waals surface area contributed by atoms with Gasteiger partial charge in [0, 0.05) is 31.7 Å². The van der Waals surface area contributed by atoms with Crippen LogP contribution < -0.4 is 4.90 Å². The third-order valence-electron chi connectivity index (χ3n) is 5.49. The summed E-state index contributed by atoms with van der Waals surface area (Å²) in [5.41, 5.74) is 0.803. The van der Waals surface area contributed by atoms with E-state index in [1.807, 2.05) is 0 Å². The molecular weight excluding hydrogens is 307 g/mol. The normalized spacial score (nSPS) is 24.5. The van der Waals surface area contributed by atoms with E-state index in [-0.39, 0.29) is 22.8 Å². The van der Waals surface area contributed by atoms with Gasteiger partial charge in [0.1, 0.15) is 5.82 Å². The molecule has 24 heavy (non-hydrogen) atoms. The van der Waals surface area contributed by atoms with Crippen LogP contribution in [0.1, 0.15) is 56.3 Å². The molecule has 2 amide bonds. The molecule has 2 aliphatic rings. The predicted molar refractivity (Wildman–Crippen MR) is 91.5 cm³/mol. The van der Waals surface area contributed by atoms with Crippen molar-refractivity contribution in [2.45, 2.75) is 46.0 Å². The van der Waals surface area contributed by atoms with Crippen LogP contribution in [0.5, 0.6) is 0 Å². The van der Waals surface area contributed by atoms with Crippen molar-refractivity contribution >= 4 is 17.5 Å². The number of piperidine rings is 1. The maximum Gasteiger partial charge on any atom is 0.256 e. The van der Waals surface area contributed by atoms with Gasteiger partial charge in [-0.2, -0.15) is 0 Å². The Morgan fingerprint density at radius 1 is 1.29 bits per heavy atom. The first kappa shape index (κ1) is 16.9. The van der Waals surface area contributed by atoms with Crippen molar-refractivity contribution in [3.63, 3.8) is 0 Å². The molecule has 0 saturated carbocycles. The Kier molecular flexibility index (Phi) is 4.61. The summed E-state index contributed by atoms with van der Waals surface area (Å²) in [4.78, 5) is 28.2. The molecule has 130 valence electrons. The van der Waals surface area contributed by atoms with E-state index in [4.69, 9.17) is 0 Å². The summed E-state index contributed by atoms with van der Waals surface area (Å²) in [6.07, 6.45) is 4.36. The Bertz CT molecular complexity index is 661. The molecule has 1 unspecified atom stereocenters. The van der Waals surface area contributed by atoms with Crippen molar-refractivity contribution in [3.8, 4) is 0 Å². The van der Waals surface area contributed by atoms with E-state index in [0.717, 1.165) is 25.7 Å². The second-order valence-corrected chi connectivity index (χ2v) is 7.31. The van der Waals surface area contributed by atoms with Crippen LogP contribution >= 0.6 is 0 Å². The number of hydrogen-bond donors (Lipinski definition) is 0. The van der Waals surface area contributed by atoms with Crippen molar-refractivity contribution in [2.24, 2.45) is 5.41 Å². The molecule has 1 aromatic carbocycles. The molecule has 5 heteroatoms. The lowest BCUT2D eigenvalue weighted by molar-refractivity contribution is -0.117. The van der Waals surface area contributed by atoms with Crippen LogP contribution in [0.15, 0.2) is 18.2 Å². The van der Waals surface area contributed by atoms with Crippen molar-refractivity contribution < 1.29 is 14.0 Å². The summed E-state index contributed by atoms with van der Waals surface area (Å²) in [6, 6.07) is 4.43. The predicted octanol–water partition coefficient (Wildman–Crippen LogP) is 3.60. The Labute approximate surface area is 142 Å². The fraction of sp³-hybridized carbons (Fsp3) is 0.579. The average molecular weight is 332 g/mol. The lowest BCUT2D eigenvalue weighted by Crippen LogP contribution is -2.44. The first-order valence-corrected chi connectivity index (χ1v) is 8.83. The molecule has 4 nitrogen and oxygen atoms in total. The number of likely N-dealkylation sites (tertiary alicyclic amines) is 1. The van der Waals surface area contributed by atoms with Crippen LogP contribution in [0.4, 0.5) is 10.1 Å². The number of benzene rings is 1. The highest BCUT2D eigenvalue weighted by Crippen LogP contribution is 2.33. The summed E-state index contributed by atoms with van der Waals surface area (Å²) in [6.45, 7) is 6.28. The van der Waals surface area contributed by atoms with Gasteiger partial charge in [0.25, 0.3) is 5.91 Å². The highest BCUT2D eigenvalue weighted by Gasteiger charge is 2.33. The number of halogens is 1. The Morgan fingerprint density at radius 2 is 2.08 bits per heavy atom. The molecule has 2 saturated heterocycles. The zero-order valence-electron chi connectivity index (χ0n) is 14.5. The second-order valence-electron chi connectivity index (χ2n) is 7.31. The summed E-state index contributed by atoms with van der Waals surface area (Å²) < 4.78 is 14.3. The molecule has 1 aromatic rings. The molecule has 0 bridgehead atoms. The molecule has 2 fully saturated rings. The molecule has 3 rings (SSSR count). The maximum atomic E-state index is 14.3. The molecule has 2 aliphatic heterocycles. The number of nitrogens with zero attached hydrogens (tertiary/aromatic N) is 2. The van der Waals surface area contributed by atoms with Gasteiger partial charge in [-0.3, -0.25) is 9.59 Å².